The Kier molecular flexibility index (Phi) is 7.35. The molecule has 1 aliphatic rings. The van der Waals surface area contributed by atoms with Gasteiger partial charge in [0.05, 0.1) is 6.04 Å². The zero-order chi connectivity index (χ0) is 23.0. The van der Waals surface area contributed by atoms with E-state index in [1.54, 1.807) is 12.4 Å². The van der Waals surface area contributed by atoms with Gasteiger partial charge in [0.25, 0.3) is 0 Å². The summed E-state index contributed by atoms with van der Waals surface area (Å²) < 4.78 is 5.51. The van der Waals surface area contributed by atoms with E-state index in [4.69, 9.17) is 9.84 Å². The second-order valence-electron chi connectivity index (χ2n) is 8.33. The quantitative estimate of drug-likeness (QED) is 0.502. The van der Waals surface area contributed by atoms with Gasteiger partial charge in [-0.3, -0.25) is 9.78 Å². The Morgan fingerprint density at radius 3 is 2.64 bits per heavy atom. The van der Waals surface area contributed by atoms with Crippen LogP contribution >= 0.6 is 0 Å². The third kappa shape index (κ3) is 5.77. The van der Waals surface area contributed by atoms with Crippen molar-refractivity contribution >= 4 is 11.9 Å². The Hall–Kier alpha value is -3.67. The number of carbonyl (C=O) groups is 2. The molecule has 0 saturated carbocycles. The van der Waals surface area contributed by atoms with Gasteiger partial charge in [0.1, 0.15) is 5.75 Å². The van der Waals surface area contributed by atoms with E-state index in [2.05, 4.69) is 16.4 Å². The van der Waals surface area contributed by atoms with Crippen LogP contribution in [0.25, 0.3) is 0 Å². The highest BCUT2D eigenvalue weighted by molar-refractivity contribution is 5.77. The van der Waals surface area contributed by atoms with E-state index in [0.29, 0.717) is 12.2 Å². The van der Waals surface area contributed by atoms with E-state index in [0.717, 1.165) is 42.4 Å². The molecule has 1 heterocycles. The maximum atomic E-state index is 13.0. The summed E-state index contributed by atoms with van der Waals surface area (Å²) in [6, 6.07) is 19.3. The summed E-state index contributed by atoms with van der Waals surface area (Å²) in [6.45, 7) is -0.348. The van der Waals surface area contributed by atoms with E-state index in [1.807, 2.05) is 54.6 Å². The summed E-state index contributed by atoms with van der Waals surface area (Å²) in [5.41, 5.74) is 4.21. The number of rotatable bonds is 9. The third-order valence-corrected chi connectivity index (χ3v) is 6.12. The smallest absolute Gasteiger partial charge is 0.341 e. The number of fused-ring (bicyclic) bond motifs is 1. The molecule has 1 amide bonds. The second-order valence-corrected chi connectivity index (χ2v) is 8.33. The fourth-order valence-electron chi connectivity index (χ4n) is 4.58. The predicted molar refractivity (Wildman–Crippen MR) is 125 cm³/mol. The van der Waals surface area contributed by atoms with Crippen LogP contribution in [-0.4, -0.2) is 28.6 Å². The Labute approximate surface area is 193 Å². The fourth-order valence-corrected chi connectivity index (χ4v) is 4.58. The van der Waals surface area contributed by atoms with E-state index >= 15 is 0 Å². The van der Waals surface area contributed by atoms with Gasteiger partial charge >= 0.3 is 5.97 Å². The SMILES string of the molecule is O=C(O)COc1cccc2c1CCCC2CCC(=O)NC(c1ccccc1)c1cccnc1. The van der Waals surface area contributed by atoms with Gasteiger partial charge in [0.2, 0.25) is 5.91 Å². The van der Waals surface area contributed by atoms with Crippen molar-refractivity contribution in [2.75, 3.05) is 6.61 Å². The first-order valence-corrected chi connectivity index (χ1v) is 11.3. The van der Waals surface area contributed by atoms with Gasteiger partial charge < -0.3 is 15.2 Å². The number of aromatic nitrogens is 1. The number of hydrogen-bond acceptors (Lipinski definition) is 4. The molecule has 0 bridgehead atoms. The van der Waals surface area contributed by atoms with Crippen LogP contribution in [0.1, 0.15) is 59.9 Å². The Bertz CT molecular complexity index is 1050. The average Bonchev–Trinajstić information content (AvgIpc) is 2.85. The molecule has 0 radical (unpaired) electrons. The summed E-state index contributed by atoms with van der Waals surface area (Å²) in [6.07, 6.45) is 7.52. The molecule has 2 aromatic carbocycles. The van der Waals surface area contributed by atoms with Crippen LogP contribution in [-0.2, 0) is 16.0 Å². The minimum Gasteiger partial charge on any atom is -0.482 e. The van der Waals surface area contributed by atoms with Crippen LogP contribution in [0.3, 0.4) is 0 Å². The number of carboxylic acids is 1. The van der Waals surface area contributed by atoms with E-state index < -0.39 is 5.97 Å². The number of amides is 1. The van der Waals surface area contributed by atoms with Crippen molar-refractivity contribution in [3.63, 3.8) is 0 Å². The van der Waals surface area contributed by atoms with Crippen LogP contribution in [0.15, 0.2) is 73.1 Å². The van der Waals surface area contributed by atoms with Crippen molar-refractivity contribution in [2.45, 2.75) is 44.1 Å². The Morgan fingerprint density at radius 1 is 1.06 bits per heavy atom. The van der Waals surface area contributed by atoms with Crippen LogP contribution in [0.5, 0.6) is 5.75 Å². The molecule has 170 valence electrons. The monoisotopic (exact) mass is 444 g/mol. The molecular weight excluding hydrogens is 416 g/mol. The minimum atomic E-state index is -0.988. The number of carboxylic acid groups (broad SMARTS) is 1. The molecule has 2 unspecified atom stereocenters. The lowest BCUT2D eigenvalue weighted by Crippen LogP contribution is -2.29. The standard InChI is InChI=1S/C27H28N2O4/c30-25(29-27(20-7-2-1-3-8-20)21-10-6-16-28-17-21)15-14-19-9-4-12-23-22(19)11-5-13-24(23)33-18-26(31)32/h1-3,5-8,10-11,13,16-17,19,27H,4,9,12,14-15,18H2,(H,29,30)(H,31,32). The maximum Gasteiger partial charge on any atom is 0.341 e. The van der Waals surface area contributed by atoms with Crippen molar-refractivity contribution in [1.29, 1.82) is 0 Å². The number of benzene rings is 2. The summed E-state index contributed by atoms with van der Waals surface area (Å²) in [5.74, 6) is -0.0949. The number of aliphatic carboxylic acids is 1. The van der Waals surface area contributed by atoms with Gasteiger partial charge in [0, 0.05) is 18.8 Å². The first-order chi connectivity index (χ1) is 16.1. The molecule has 0 fully saturated rings. The molecule has 4 rings (SSSR count). The molecular formula is C27H28N2O4. The highest BCUT2D eigenvalue weighted by Gasteiger charge is 2.24. The normalized spacial score (nSPS) is 15.8. The molecule has 3 aromatic rings. The van der Waals surface area contributed by atoms with Crippen molar-refractivity contribution in [3.05, 3.63) is 95.3 Å². The van der Waals surface area contributed by atoms with E-state index in [-0.39, 0.29) is 24.5 Å². The van der Waals surface area contributed by atoms with Gasteiger partial charge in [-0.1, -0.05) is 48.5 Å². The van der Waals surface area contributed by atoms with Crippen molar-refractivity contribution in [3.8, 4) is 5.75 Å². The largest absolute Gasteiger partial charge is 0.482 e. The number of nitrogens with zero attached hydrogens (tertiary/aromatic N) is 1. The van der Waals surface area contributed by atoms with Crippen LogP contribution < -0.4 is 10.1 Å². The minimum absolute atomic E-state index is 0.00175. The zero-order valence-electron chi connectivity index (χ0n) is 18.4. The molecule has 0 spiro atoms. The lowest BCUT2D eigenvalue weighted by molar-refractivity contribution is -0.139. The lowest BCUT2D eigenvalue weighted by Gasteiger charge is -2.27. The molecule has 0 saturated heterocycles. The van der Waals surface area contributed by atoms with Gasteiger partial charge in [0.15, 0.2) is 6.61 Å². The Morgan fingerprint density at radius 2 is 1.88 bits per heavy atom. The van der Waals surface area contributed by atoms with E-state index in [9.17, 15) is 9.59 Å². The summed E-state index contributed by atoms with van der Waals surface area (Å²) in [7, 11) is 0. The first kappa shape index (κ1) is 22.5. The zero-order valence-corrected chi connectivity index (χ0v) is 18.4. The van der Waals surface area contributed by atoms with Crippen LogP contribution in [0.2, 0.25) is 0 Å². The fraction of sp³-hybridized carbons (Fsp3) is 0.296. The van der Waals surface area contributed by atoms with Crippen molar-refractivity contribution < 1.29 is 19.4 Å². The van der Waals surface area contributed by atoms with Gasteiger partial charge in [-0.2, -0.15) is 0 Å². The second kappa shape index (κ2) is 10.8. The van der Waals surface area contributed by atoms with Gasteiger partial charge in [-0.15, -0.1) is 0 Å². The number of nitrogens with one attached hydrogen (secondary N) is 1. The summed E-state index contributed by atoms with van der Waals surface area (Å²) in [5, 5.41) is 12.1. The highest BCUT2D eigenvalue weighted by Crippen LogP contribution is 2.39. The predicted octanol–water partition coefficient (Wildman–Crippen LogP) is 4.65. The summed E-state index contributed by atoms with van der Waals surface area (Å²) >= 11 is 0. The Balaban J connectivity index is 1.44. The molecule has 1 aromatic heterocycles. The maximum absolute atomic E-state index is 13.0. The molecule has 2 atom stereocenters. The van der Waals surface area contributed by atoms with Gasteiger partial charge in [-0.05, 0) is 66.0 Å². The number of hydrogen-bond donors (Lipinski definition) is 2. The van der Waals surface area contributed by atoms with E-state index in [1.165, 1.54) is 5.56 Å². The lowest BCUT2D eigenvalue weighted by atomic mass is 9.80. The highest BCUT2D eigenvalue weighted by atomic mass is 16.5. The van der Waals surface area contributed by atoms with Crippen LogP contribution in [0.4, 0.5) is 0 Å². The summed E-state index contributed by atoms with van der Waals surface area (Å²) in [4.78, 5) is 28.1. The van der Waals surface area contributed by atoms with Gasteiger partial charge in [-0.25, -0.2) is 4.79 Å². The number of ether oxygens (including phenoxy) is 1. The molecule has 6 nitrogen and oxygen atoms in total. The molecule has 6 heteroatoms. The van der Waals surface area contributed by atoms with Crippen molar-refractivity contribution in [1.82, 2.24) is 10.3 Å². The molecule has 0 aliphatic heterocycles. The number of carbonyl (C=O) groups excluding carboxylic acids is 1. The molecule has 2 N–H and O–H groups in total. The number of pyridine rings is 1. The average molecular weight is 445 g/mol. The third-order valence-electron chi connectivity index (χ3n) is 6.12. The molecule has 1 aliphatic carbocycles. The van der Waals surface area contributed by atoms with Crippen LogP contribution in [0, 0.1) is 0 Å². The molecule has 33 heavy (non-hydrogen) atoms. The topological polar surface area (TPSA) is 88.5 Å². The first-order valence-electron chi connectivity index (χ1n) is 11.3. The van der Waals surface area contributed by atoms with Crippen molar-refractivity contribution in [2.24, 2.45) is 0 Å².